The van der Waals surface area contributed by atoms with Crippen molar-refractivity contribution in [3.05, 3.63) is 52.7 Å². The molecule has 0 spiro atoms. The lowest BCUT2D eigenvalue weighted by Gasteiger charge is -2.21. The number of aromatic nitrogens is 1. The highest BCUT2D eigenvalue weighted by Gasteiger charge is 2.32. The van der Waals surface area contributed by atoms with E-state index in [4.69, 9.17) is 25.8 Å². The summed E-state index contributed by atoms with van der Waals surface area (Å²) in [5, 5.41) is 18.7. The summed E-state index contributed by atoms with van der Waals surface area (Å²) in [6.07, 6.45) is -8.05. The van der Waals surface area contributed by atoms with Crippen LogP contribution in [0.5, 0.6) is 11.6 Å². The minimum atomic E-state index is -4.71. The Balaban J connectivity index is 1.99. The summed E-state index contributed by atoms with van der Waals surface area (Å²) in [4.78, 5) is 14.9. The topological polar surface area (TPSA) is 148 Å². The summed E-state index contributed by atoms with van der Waals surface area (Å²) in [5.41, 5.74) is -0.842. The van der Waals surface area contributed by atoms with Crippen LogP contribution in [0.15, 0.2) is 36.5 Å². The number of nitrogens with zero attached hydrogens (tertiary/aromatic N) is 2. The van der Waals surface area contributed by atoms with Gasteiger partial charge in [-0.3, -0.25) is 0 Å². The molecule has 0 aliphatic rings. The Labute approximate surface area is 203 Å². The van der Waals surface area contributed by atoms with Crippen molar-refractivity contribution in [1.82, 2.24) is 14.0 Å². The van der Waals surface area contributed by atoms with Gasteiger partial charge in [0.05, 0.1) is 25.3 Å². The second-order valence-corrected chi connectivity index (χ2v) is 8.80. The van der Waals surface area contributed by atoms with Gasteiger partial charge in [0, 0.05) is 13.3 Å². The smallest absolute Gasteiger partial charge is 0.422 e. The summed E-state index contributed by atoms with van der Waals surface area (Å²) < 4.78 is 79.9. The molecule has 0 radical (unpaired) electrons. The Hall–Kier alpha value is -2.85. The molecule has 0 aliphatic carbocycles. The highest BCUT2D eigenvalue weighted by Crippen LogP contribution is 2.33. The predicted octanol–water partition coefficient (Wildman–Crippen LogP) is 2.49. The number of rotatable bonds is 12. The van der Waals surface area contributed by atoms with Crippen LogP contribution in [0.3, 0.4) is 0 Å². The van der Waals surface area contributed by atoms with E-state index in [9.17, 15) is 36.6 Å². The van der Waals surface area contributed by atoms with Gasteiger partial charge in [0.25, 0.3) is 0 Å². The van der Waals surface area contributed by atoms with E-state index < -0.39 is 58.3 Å². The monoisotopic (exact) mass is 543 g/mol. The maximum Gasteiger partial charge on any atom is 0.422 e. The Morgan fingerprint density at radius 1 is 1.26 bits per heavy atom. The lowest BCUT2D eigenvalue weighted by Crippen LogP contribution is -2.46. The fourth-order valence-corrected chi connectivity index (χ4v) is 3.69. The van der Waals surface area contributed by atoms with Gasteiger partial charge in [0.2, 0.25) is 12.2 Å². The maximum atomic E-state index is 12.7. The number of pyridine rings is 1. The minimum Gasteiger partial charge on any atom is -0.491 e. The van der Waals surface area contributed by atoms with E-state index in [1.165, 1.54) is 31.4 Å². The molecule has 16 heteroatoms. The van der Waals surface area contributed by atoms with Gasteiger partial charge >= 0.3 is 22.5 Å². The zero-order valence-corrected chi connectivity index (χ0v) is 19.6. The molecule has 1 amide bonds. The first-order valence-electron chi connectivity index (χ1n) is 9.62. The van der Waals surface area contributed by atoms with Crippen LogP contribution in [0.2, 0.25) is 5.02 Å². The summed E-state index contributed by atoms with van der Waals surface area (Å²) in [7, 11) is -3.17. The van der Waals surface area contributed by atoms with E-state index in [1.807, 2.05) is 4.72 Å². The third kappa shape index (κ3) is 8.70. The number of methoxy groups -OCH3 is 1. The molecule has 2 aromatic rings. The number of ether oxygens (including phenoxy) is 3. The number of amides is 1. The normalized spacial score (nSPS) is 12.7. The van der Waals surface area contributed by atoms with E-state index in [2.05, 4.69) is 4.98 Å². The fraction of sp³-hybridized carbons (Fsp3) is 0.368. The van der Waals surface area contributed by atoms with Crippen molar-refractivity contribution in [1.29, 1.82) is 0 Å². The zero-order valence-electron chi connectivity index (χ0n) is 18.0. The molecule has 11 nitrogen and oxygen atoms in total. The molecular weight excluding hydrogens is 523 g/mol. The van der Waals surface area contributed by atoms with Crippen LogP contribution in [-0.2, 0) is 27.7 Å². The molecule has 0 bridgehead atoms. The van der Waals surface area contributed by atoms with Crippen LogP contribution < -0.4 is 14.2 Å². The highest BCUT2D eigenvalue weighted by atomic mass is 35.5. The first-order chi connectivity index (χ1) is 16.3. The van der Waals surface area contributed by atoms with Crippen LogP contribution in [0.4, 0.5) is 18.0 Å². The second-order valence-electron chi connectivity index (χ2n) is 6.71. The van der Waals surface area contributed by atoms with Gasteiger partial charge in [-0.1, -0.05) is 23.7 Å². The van der Waals surface area contributed by atoms with Gasteiger partial charge in [-0.2, -0.15) is 30.6 Å². The third-order valence-corrected chi connectivity index (χ3v) is 5.80. The van der Waals surface area contributed by atoms with Crippen molar-refractivity contribution in [2.75, 3.05) is 26.9 Å². The highest BCUT2D eigenvalue weighted by molar-refractivity contribution is 7.87. The Kier molecular flexibility index (Phi) is 9.91. The third-order valence-electron chi connectivity index (χ3n) is 4.13. The standard InChI is InChI=1S/C19H21ClF3N3O8S/c1-32-6-7-33-14-4-2-12(3-5-14)11-26(18(28)29)35(30,31)25-10-16(27)34-17-15(20)8-13(9-24-17)19(21,22)23/h2-5,8-9,16,25,27H,6-7,10-11H2,1H3,(H,28,29). The number of hydrogen-bond acceptors (Lipinski definition) is 8. The maximum absolute atomic E-state index is 12.7. The van der Waals surface area contributed by atoms with Gasteiger partial charge in [-0.05, 0) is 23.8 Å². The summed E-state index contributed by atoms with van der Waals surface area (Å²) in [6.45, 7) is -0.786. The average molecular weight is 544 g/mol. The molecule has 35 heavy (non-hydrogen) atoms. The number of benzene rings is 1. The van der Waals surface area contributed by atoms with Crippen molar-refractivity contribution in [2.45, 2.75) is 19.0 Å². The molecule has 0 saturated heterocycles. The number of carboxylic acid groups (broad SMARTS) is 1. The number of aliphatic hydroxyl groups excluding tert-OH is 1. The molecule has 194 valence electrons. The molecule has 1 aromatic heterocycles. The number of alkyl halides is 3. The number of nitrogens with one attached hydrogen (secondary N) is 1. The SMILES string of the molecule is COCCOc1ccc(CN(C(=O)O)S(=O)(=O)NCC(O)Oc2ncc(C(F)(F)F)cc2Cl)cc1. The first kappa shape index (κ1) is 28.4. The molecule has 1 atom stereocenters. The Morgan fingerprint density at radius 2 is 1.91 bits per heavy atom. The van der Waals surface area contributed by atoms with E-state index in [0.717, 1.165) is 0 Å². The molecule has 1 aromatic carbocycles. The predicted molar refractivity (Wildman–Crippen MR) is 115 cm³/mol. The van der Waals surface area contributed by atoms with Crippen LogP contribution in [0.1, 0.15) is 11.1 Å². The molecule has 2 rings (SSSR count). The molecular formula is C19H21ClF3N3O8S. The van der Waals surface area contributed by atoms with Crippen molar-refractivity contribution in [2.24, 2.45) is 0 Å². The molecule has 0 fully saturated rings. The van der Waals surface area contributed by atoms with Crippen molar-refractivity contribution in [3.8, 4) is 11.6 Å². The van der Waals surface area contributed by atoms with Crippen LogP contribution >= 0.6 is 11.6 Å². The van der Waals surface area contributed by atoms with Gasteiger partial charge < -0.3 is 24.4 Å². The summed E-state index contributed by atoms with van der Waals surface area (Å²) >= 11 is 5.66. The van der Waals surface area contributed by atoms with Crippen molar-refractivity contribution >= 4 is 27.9 Å². The first-order valence-corrected chi connectivity index (χ1v) is 11.4. The summed E-state index contributed by atoms with van der Waals surface area (Å²) in [6, 6.07) is 6.47. The van der Waals surface area contributed by atoms with Crippen molar-refractivity contribution < 1.29 is 50.8 Å². The number of halogens is 4. The van der Waals surface area contributed by atoms with Gasteiger partial charge in [0.1, 0.15) is 17.4 Å². The number of hydrogen-bond donors (Lipinski definition) is 3. The second kappa shape index (κ2) is 12.2. The largest absolute Gasteiger partial charge is 0.491 e. The average Bonchev–Trinajstić information content (AvgIpc) is 2.77. The molecule has 0 saturated carbocycles. The van der Waals surface area contributed by atoms with Gasteiger partial charge in [-0.25, -0.2) is 9.78 Å². The molecule has 3 N–H and O–H groups in total. The zero-order chi connectivity index (χ0) is 26.2. The number of aliphatic hydroxyl groups is 1. The van der Waals surface area contributed by atoms with Crippen LogP contribution in [0.25, 0.3) is 0 Å². The van der Waals surface area contributed by atoms with Crippen LogP contribution in [-0.4, -0.2) is 67.2 Å². The van der Waals surface area contributed by atoms with Crippen molar-refractivity contribution in [3.63, 3.8) is 0 Å². The Morgan fingerprint density at radius 3 is 2.46 bits per heavy atom. The summed E-state index contributed by atoms with van der Waals surface area (Å²) in [5.74, 6) is -0.126. The minimum absolute atomic E-state index is 0.0872. The van der Waals surface area contributed by atoms with Gasteiger partial charge in [-0.15, -0.1) is 0 Å². The van der Waals surface area contributed by atoms with Crippen LogP contribution in [0, 0.1) is 0 Å². The molecule has 1 heterocycles. The molecule has 1 unspecified atom stereocenters. The lowest BCUT2D eigenvalue weighted by atomic mass is 10.2. The van der Waals surface area contributed by atoms with E-state index in [0.29, 0.717) is 30.2 Å². The van der Waals surface area contributed by atoms with E-state index >= 15 is 0 Å². The number of carbonyl (C=O) groups is 1. The fourth-order valence-electron chi connectivity index (χ4n) is 2.45. The van der Waals surface area contributed by atoms with E-state index in [-0.39, 0.29) is 10.9 Å². The lowest BCUT2D eigenvalue weighted by molar-refractivity contribution is -0.137. The Bertz CT molecular complexity index is 1100. The molecule has 0 aliphatic heterocycles. The quantitative estimate of drug-likeness (QED) is 0.271. The van der Waals surface area contributed by atoms with E-state index in [1.54, 1.807) is 0 Å². The van der Waals surface area contributed by atoms with Gasteiger partial charge in [0.15, 0.2) is 0 Å².